The fraction of sp³-hybridized carbons (Fsp3) is 0.208. The van der Waals surface area contributed by atoms with Crippen LogP contribution in [0.25, 0.3) is 15.9 Å². The lowest BCUT2D eigenvalue weighted by molar-refractivity contribution is -0.119. The number of carbonyl (C=O) groups excluding carboxylic acids is 2. The minimum atomic E-state index is -0.611. The van der Waals surface area contributed by atoms with Gasteiger partial charge < -0.3 is 19.5 Å². The maximum atomic E-state index is 13.3. The number of rotatable bonds is 5. The van der Waals surface area contributed by atoms with Gasteiger partial charge in [0, 0.05) is 23.6 Å². The number of anilines is 1. The molecule has 0 radical (unpaired) electrons. The number of nitrogens with one attached hydrogen (secondary N) is 1. The van der Waals surface area contributed by atoms with Crippen molar-refractivity contribution in [3.63, 3.8) is 0 Å². The largest absolute Gasteiger partial charge is 0.490 e. The van der Waals surface area contributed by atoms with Gasteiger partial charge in [-0.15, -0.1) is 11.3 Å². The Kier molecular flexibility index (Phi) is 5.89. The summed E-state index contributed by atoms with van der Waals surface area (Å²) in [5, 5.41) is 7.96. The molecule has 0 saturated heterocycles. The van der Waals surface area contributed by atoms with E-state index in [9.17, 15) is 14.0 Å². The zero-order valence-electron chi connectivity index (χ0n) is 18.2. The van der Waals surface area contributed by atoms with Gasteiger partial charge in [-0.3, -0.25) is 4.79 Å². The van der Waals surface area contributed by atoms with Crippen molar-refractivity contribution in [2.45, 2.75) is 13.3 Å². The predicted molar refractivity (Wildman–Crippen MR) is 125 cm³/mol. The highest BCUT2D eigenvalue weighted by molar-refractivity contribution is 7.20. The van der Waals surface area contributed by atoms with Gasteiger partial charge in [0.05, 0.1) is 24.6 Å². The van der Waals surface area contributed by atoms with Crippen LogP contribution >= 0.6 is 11.3 Å². The summed E-state index contributed by atoms with van der Waals surface area (Å²) < 4.78 is 31.3. The monoisotopic (exact) mass is 481 g/mol. The summed E-state index contributed by atoms with van der Waals surface area (Å²) in [6.07, 6.45) is 0.783. The lowest BCUT2D eigenvalue weighted by Crippen LogP contribution is -2.20. The standard InChI is InChI=1S/C24H20FN3O5S/c1-14-18-12-21(34-23(18)28(27-14)17-6-3-15(25)4-7-17)24(30)33-13-22(29)26-16-5-8-19-20(11-16)32-10-2-9-31-19/h3-8,11-12H,2,9-10,13H2,1H3,(H,26,29). The first-order valence-electron chi connectivity index (χ1n) is 10.6. The number of benzene rings is 2. The third-order valence-corrected chi connectivity index (χ3v) is 6.27. The molecule has 0 aliphatic carbocycles. The molecule has 2 aromatic heterocycles. The highest BCUT2D eigenvalue weighted by Crippen LogP contribution is 2.33. The number of thiophene rings is 1. The van der Waals surface area contributed by atoms with Gasteiger partial charge in [0.1, 0.15) is 15.5 Å². The molecular formula is C24H20FN3O5S. The Hall–Kier alpha value is -3.92. The quantitative estimate of drug-likeness (QED) is 0.423. The summed E-state index contributed by atoms with van der Waals surface area (Å²) in [5.74, 6) is -0.244. The Balaban J connectivity index is 1.25. The summed E-state index contributed by atoms with van der Waals surface area (Å²) in [7, 11) is 0. The number of hydrogen-bond acceptors (Lipinski definition) is 7. The van der Waals surface area contributed by atoms with E-state index >= 15 is 0 Å². The predicted octanol–water partition coefficient (Wildman–Crippen LogP) is 4.49. The van der Waals surface area contributed by atoms with Crippen LogP contribution in [0.5, 0.6) is 11.5 Å². The lowest BCUT2D eigenvalue weighted by atomic mass is 10.2. The Bertz CT molecular complexity index is 1380. The summed E-state index contributed by atoms with van der Waals surface area (Å²) in [6.45, 7) is 2.50. The van der Waals surface area contributed by atoms with E-state index in [1.54, 1.807) is 41.1 Å². The van der Waals surface area contributed by atoms with Crippen molar-refractivity contribution in [2.75, 3.05) is 25.1 Å². The molecule has 1 aliphatic heterocycles. The molecule has 1 amide bonds. The van der Waals surface area contributed by atoms with E-state index in [0.717, 1.165) is 22.3 Å². The highest BCUT2D eigenvalue weighted by atomic mass is 32.1. The minimum absolute atomic E-state index is 0.342. The first kappa shape index (κ1) is 21.9. The van der Waals surface area contributed by atoms with Crippen LogP contribution in [0.15, 0.2) is 48.5 Å². The van der Waals surface area contributed by atoms with Crippen LogP contribution in [0.1, 0.15) is 21.8 Å². The molecule has 0 bridgehead atoms. The fourth-order valence-electron chi connectivity index (χ4n) is 3.55. The molecule has 2 aromatic carbocycles. The number of nitrogens with zero attached hydrogens (tertiary/aromatic N) is 2. The fourth-order valence-corrected chi connectivity index (χ4v) is 4.62. The molecule has 8 nitrogen and oxygen atoms in total. The molecular weight excluding hydrogens is 461 g/mol. The Morgan fingerprint density at radius 3 is 2.68 bits per heavy atom. The van der Waals surface area contributed by atoms with Gasteiger partial charge in [0.2, 0.25) is 0 Å². The number of esters is 1. The number of fused-ring (bicyclic) bond motifs is 2. The van der Waals surface area contributed by atoms with E-state index in [4.69, 9.17) is 14.2 Å². The van der Waals surface area contributed by atoms with E-state index in [1.807, 2.05) is 6.92 Å². The molecule has 0 atom stereocenters. The lowest BCUT2D eigenvalue weighted by Gasteiger charge is -2.10. The van der Waals surface area contributed by atoms with Crippen molar-refractivity contribution in [1.82, 2.24) is 9.78 Å². The highest BCUT2D eigenvalue weighted by Gasteiger charge is 2.19. The average molecular weight is 482 g/mol. The molecule has 5 rings (SSSR count). The molecule has 0 unspecified atom stereocenters. The van der Waals surface area contributed by atoms with E-state index in [1.165, 1.54) is 23.5 Å². The van der Waals surface area contributed by atoms with Gasteiger partial charge in [0.15, 0.2) is 18.1 Å². The van der Waals surface area contributed by atoms with Crippen LogP contribution in [0.2, 0.25) is 0 Å². The van der Waals surface area contributed by atoms with Gasteiger partial charge >= 0.3 is 5.97 Å². The third kappa shape index (κ3) is 4.44. The molecule has 1 N–H and O–H groups in total. The topological polar surface area (TPSA) is 91.7 Å². The van der Waals surface area contributed by atoms with Gasteiger partial charge in [-0.05, 0) is 49.4 Å². The number of halogens is 1. The van der Waals surface area contributed by atoms with E-state index < -0.39 is 18.5 Å². The molecule has 0 fully saturated rings. The SMILES string of the molecule is Cc1nn(-c2ccc(F)cc2)c2sc(C(=O)OCC(=O)Nc3ccc4c(c3)OCCCO4)cc12. The minimum Gasteiger partial charge on any atom is -0.490 e. The third-order valence-electron chi connectivity index (χ3n) is 5.18. The molecule has 10 heteroatoms. The maximum Gasteiger partial charge on any atom is 0.348 e. The molecule has 0 saturated carbocycles. The number of ether oxygens (including phenoxy) is 3. The van der Waals surface area contributed by atoms with Crippen molar-refractivity contribution in [3.8, 4) is 17.2 Å². The smallest absolute Gasteiger partial charge is 0.348 e. The van der Waals surface area contributed by atoms with Gasteiger partial charge in [-0.25, -0.2) is 13.9 Å². The van der Waals surface area contributed by atoms with E-state index in [-0.39, 0.29) is 5.82 Å². The second kappa shape index (κ2) is 9.14. The summed E-state index contributed by atoms with van der Waals surface area (Å²) in [5.41, 5.74) is 1.92. The summed E-state index contributed by atoms with van der Waals surface area (Å²) in [6, 6.07) is 12.7. The molecule has 174 valence electrons. The number of amides is 1. The van der Waals surface area contributed by atoms with Crippen LogP contribution in [0.3, 0.4) is 0 Å². The van der Waals surface area contributed by atoms with E-state index in [2.05, 4.69) is 10.4 Å². The van der Waals surface area contributed by atoms with E-state index in [0.29, 0.717) is 41.0 Å². The van der Waals surface area contributed by atoms with Crippen LogP contribution in [0, 0.1) is 12.7 Å². The Morgan fingerprint density at radius 2 is 1.88 bits per heavy atom. The molecule has 34 heavy (non-hydrogen) atoms. The normalized spacial score (nSPS) is 12.9. The van der Waals surface area contributed by atoms with Crippen LogP contribution in [-0.4, -0.2) is 41.5 Å². The van der Waals surface area contributed by atoms with Crippen molar-refractivity contribution in [1.29, 1.82) is 0 Å². The van der Waals surface area contributed by atoms with Crippen LogP contribution in [0.4, 0.5) is 10.1 Å². The first-order chi connectivity index (χ1) is 16.5. The Morgan fingerprint density at radius 1 is 1.12 bits per heavy atom. The number of aryl methyl sites for hydroxylation is 1. The van der Waals surface area contributed by atoms with Crippen molar-refractivity contribution >= 4 is 39.1 Å². The molecule has 3 heterocycles. The maximum absolute atomic E-state index is 13.3. The van der Waals surface area contributed by atoms with Gasteiger partial charge in [-0.1, -0.05) is 0 Å². The van der Waals surface area contributed by atoms with Gasteiger partial charge in [0.25, 0.3) is 5.91 Å². The molecule has 1 aliphatic rings. The Labute approximate surface area is 197 Å². The zero-order valence-corrected chi connectivity index (χ0v) is 19.0. The van der Waals surface area contributed by atoms with Crippen molar-refractivity contribution in [2.24, 2.45) is 0 Å². The molecule has 4 aromatic rings. The van der Waals surface area contributed by atoms with Crippen LogP contribution < -0.4 is 14.8 Å². The van der Waals surface area contributed by atoms with Crippen molar-refractivity contribution < 1.29 is 28.2 Å². The summed E-state index contributed by atoms with van der Waals surface area (Å²) >= 11 is 1.19. The first-order valence-corrected chi connectivity index (χ1v) is 11.4. The molecule has 0 spiro atoms. The average Bonchev–Trinajstić information content (AvgIpc) is 3.30. The van der Waals surface area contributed by atoms with Gasteiger partial charge in [-0.2, -0.15) is 5.10 Å². The van der Waals surface area contributed by atoms with Crippen molar-refractivity contribution in [3.05, 3.63) is 64.9 Å². The number of aromatic nitrogens is 2. The van der Waals surface area contributed by atoms with Crippen LogP contribution in [-0.2, 0) is 9.53 Å². The summed E-state index contributed by atoms with van der Waals surface area (Å²) in [4.78, 5) is 26.0. The second-order valence-corrected chi connectivity index (χ2v) is 8.67. The zero-order chi connectivity index (χ0) is 23.7. The second-order valence-electron chi connectivity index (χ2n) is 7.64. The number of hydrogen-bond donors (Lipinski definition) is 1. The number of carbonyl (C=O) groups is 2.